The maximum Gasteiger partial charge on any atom is 0.397 e. The second kappa shape index (κ2) is 33.6. The number of hydrogen-bond donors (Lipinski definition) is 10. The molecule has 0 saturated carbocycles. The first-order valence-electron chi connectivity index (χ1n) is 25.9. The average Bonchev–Trinajstić information content (AvgIpc) is 0.735. The topological polar surface area (TPSA) is 697 Å². The zero-order valence-corrected chi connectivity index (χ0v) is 55.6. The monoisotopic (exact) mass is 1560 g/mol. The van der Waals surface area contributed by atoms with E-state index in [0.717, 1.165) is 49.8 Å². The summed E-state index contributed by atoms with van der Waals surface area (Å²) in [6, 6.07) is 0. The second-order valence-electron chi connectivity index (χ2n) is 19.8. The zero-order chi connectivity index (χ0) is 72.8. The Morgan fingerprint density at radius 1 is 0.354 bits per heavy atom. The van der Waals surface area contributed by atoms with Gasteiger partial charge in [0, 0.05) is 56.9 Å². The van der Waals surface area contributed by atoms with Crippen LogP contribution in [0.3, 0.4) is 0 Å². The van der Waals surface area contributed by atoms with E-state index in [1.807, 2.05) is 0 Å². The van der Waals surface area contributed by atoms with Gasteiger partial charge < -0.3 is 95.8 Å². The fourth-order valence-electron chi connectivity index (χ4n) is 10.5. The highest BCUT2D eigenvalue weighted by atomic mass is 32.3. The first-order chi connectivity index (χ1) is 44.2. The van der Waals surface area contributed by atoms with Gasteiger partial charge in [0.25, 0.3) is 0 Å². The van der Waals surface area contributed by atoms with Gasteiger partial charge in [0.05, 0.1) is 19.8 Å². The van der Waals surface area contributed by atoms with Crippen LogP contribution in [0.4, 0.5) is 0 Å². The van der Waals surface area contributed by atoms with Crippen molar-refractivity contribution in [3.05, 3.63) is 0 Å². The average molecular weight is 1560 g/mol. The van der Waals surface area contributed by atoms with Crippen LogP contribution >= 0.6 is 0 Å². The van der Waals surface area contributed by atoms with Gasteiger partial charge in [-0.1, -0.05) is 0 Å². The van der Waals surface area contributed by atoms with E-state index < -0.39 is 264 Å². The number of ether oxygens (including phenoxy) is 17. The molecule has 0 unspecified atom stereocenters. The predicted molar refractivity (Wildman–Crippen MR) is 285 cm³/mol. The normalized spacial score (nSPS) is 37.9. The molecule has 96 heavy (non-hydrogen) atoms. The molecule has 5 aliphatic heterocycles. The molecule has 0 aromatic carbocycles. The van der Waals surface area contributed by atoms with Crippen LogP contribution in [0.25, 0.3) is 0 Å². The third-order valence-corrected chi connectivity index (χ3v) is 17.3. The van der Waals surface area contributed by atoms with Crippen LogP contribution in [-0.4, -0.2) is 354 Å². The number of aliphatic hydroxyl groups is 1. The largest absolute Gasteiger partial charge is 0.479 e. The summed E-state index contributed by atoms with van der Waals surface area (Å²) in [7, 11) is -34.1. The summed E-state index contributed by atoms with van der Waals surface area (Å²) in [4.78, 5) is 27.3. The van der Waals surface area contributed by atoms with Gasteiger partial charge in [-0.2, -0.15) is 58.9 Å². The molecule has 5 heterocycles. The highest BCUT2D eigenvalue weighted by Crippen LogP contribution is 2.44. The molecule has 0 aromatic rings. The molecule has 5 aliphatic rings. The summed E-state index contributed by atoms with van der Waals surface area (Å²) in [5.74, 6) is -4.83. The van der Waals surface area contributed by atoms with Gasteiger partial charge in [-0.3, -0.25) is 31.9 Å². The smallest absolute Gasteiger partial charge is 0.397 e. The number of methoxy groups -OCH3 is 8. The van der Waals surface area contributed by atoms with Crippen LogP contribution < -0.4 is 0 Å². The van der Waals surface area contributed by atoms with Crippen molar-refractivity contribution in [2.45, 2.75) is 153 Å². The number of carboxylic acid groups (broad SMARTS) is 2. The number of rotatable bonds is 36. The first-order valence-corrected chi connectivity index (χ1v) is 35.4. The van der Waals surface area contributed by atoms with Crippen molar-refractivity contribution in [1.82, 2.24) is 0 Å². The van der Waals surface area contributed by atoms with E-state index in [1.165, 1.54) is 0 Å². The van der Waals surface area contributed by atoms with E-state index in [-0.39, 0.29) is 0 Å². The van der Waals surface area contributed by atoms with Crippen molar-refractivity contribution < 1.29 is 226 Å². The molecule has 0 spiro atoms. The highest BCUT2D eigenvalue weighted by Gasteiger charge is 2.68. The minimum atomic E-state index is -6.38. The van der Waals surface area contributed by atoms with E-state index in [0.29, 0.717) is 7.11 Å². The van der Waals surface area contributed by atoms with E-state index >= 15 is 0 Å². The predicted octanol–water partition coefficient (Wildman–Crippen LogP) is -8.36. The molecule has 5 fully saturated rings. The Morgan fingerprint density at radius 3 is 1.09 bits per heavy atom. The van der Waals surface area contributed by atoms with Gasteiger partial charge in [0.1, 0.15) is 104 Å². The molecule has 10 N–H and O–H groups in total. The lowest BCUT2D eigenvalue weighted by molar-refractivity contribution is -0.400. The summed E-state index contributed by atoms with van der Waals surface area (Å²) < 4.78 is 368. The van der Waals surface area contributed by atoms with Gasteiger partial charge in [-0.15, -0.1) is 0 Å². The van der Waals surface area contributed by atoms with Crippen LogP contribution in [0.15, 0.2) is 0 Å². The number of hydrogen-bond acceptors (Lipinski definition) is 41. The molecule has 5 rings (SSSR count). The fraction of sp³-hybridized carbons (Fsp3) is 0.949. The molecular formula is C39H66O50S7. The molecule has 57 heteroatoms. The quantitative estimate of drug-likeness (QED) is 0.0260. The fourth-order valence-corrected chi connectivity index (χ4v) is 13.4. The molecule has 564 valence electrons. The van der Waals surface area contributed by atoms with E-state index in [9.17, 15) is 116 Å². The van der Waals surface area contributed by atoms with Gasteiger partial charge in [0.15, 0.2) is 49.8 Å². The standard InChI is InChI=1S/C39H66O50S7/c1-66-16-14(10-74-90(45,46)47)79-35(26(70-5)19(16)67-2)82-22-21(69-4)28(72-7)36(83-25(22)32(41)42)84-31-24(87-94(57,58)59)30(89-96(63,64)65)37(85-39(31,38(43)44)12-76-92(51,52)53)81-17-13(9-40)77-34(27(71-6)20(17)68-3)80-18-15(11-75-91(48,49)50)78-33(73-8)29(88-95(60,61)62)23(18)86-93(54,55)56/h13-31,33-37,40H,9-12H2,1-8H3,(H,41,42)(H,43,44)(H,45,46,47)(H,48,49,50)(H,51,52,53)(H,54,55,56)(H,57,58,59)(H,60,61,62)(H,63,64,65)/t13-,14-,15-,16-,17-,18-,19+,20+,21+,22+,23+,24-,25+,26-,27-,28-,29-,30-,31+,33+,34+,35-,36+,37+,39-/m1/s1. The van der Waals surface area contributed by atoms with Crippen molar-refractivity contribution in [3.63, 3.8) is 0 Å². The lowest BCUT2D eigenvalue weighted by Crippen LogP contribution is -2.74. The Bertz CT molecular complexity index is 3410. The van der Waals surface area contributed by atoms with E-state index in [2.05, 4.69) is 20.9 Å². The van der Waals surface area contributed by atoms with Crippen molar-refractivity contribution in [2.24, 2.45) is 0 Å². The molecule has 0 bridgehead atoms. The Kier molecular flexibility index (Phi) is 29.4. The van der Waals surface area contributed by atoms with Crippen LogP contribution in [0.5, 0.6) is 0 Å². The molecule has 0 aromatic heterocycles. The van der Waals surface area contributed by atoms with Crippen molar-refractivity contribution >= 4 is 84.7 Å². The molecule has 0 aliphatic carbocycles. The van der Waals surface area contributed by atoms with Gasteiger partial charge >= 0.3 is 84.7 Å². The summed E-state index contributed by atoms with van der Waals surface area (Å²) in [5.41, 5.74) is -4.14. The van der Waals surface area contributed by atoms with E-state index in [4.69, 9.17) is 88.9 Å². The Hall–Kier alpha value is -2.69. The summed E-state index contributed by atoms with van der Waals surface area (Å²) in [6.45, 7) is -6.43. The lowest BCUT2D eigenvalue weighted by Gasteiger charge is -2.53. The third kappa shape index (κ3) is 22.2. The molecule has 25 atom stereocenters. The van der Waals surface area contributed by atoms with Gasteiger partial charge in [-0.25, -0.2) is 38.9 Å². The van der Waals surface area contributed by atoms with Crippen LogP contribution in [-0.2, 0) is 192 Å². The molecule has 50 nitrogen and oxygen atoms in total. The molecule has 0 amide bonds. The van der Waals surface area contributed by atoms with Crippen molar-refractivity contribution in [3.8, 4) is 0 Å². The van der Waals surface area contributed by atoms with Gasteiger partial charge in [-0.05, 0) is 0 Å². The second-order valence-corrected chi connectivity index (χ2v) is 27.3. The zero-order valence-electron chi connectivity index (χ0n) is 49.8. The van der Waals surface area contributed by atoms with Gasteiger partial charge in [0.2, 0.25) is 5.60 Å². The minimum absolute atomic E-state index is 0.714. The SMILES string of the molecule is CO[C@H]1O[C@H](COS(=O)(=O)O)[C@@H](O[C@@H]2O[C@H](CO)[C@@H](O[C@H]3O[C@@](COS(=O)(=O)O)(C(=O)O)[C@@H](O[C@@H]4O[C@H](C(=O)O)[C@@H](O[C@H]5O[C@H](COS(=O)(=O)O)[C@@H](OC)[C@H](OC)[C@H]5OC)[C@H](OC)[C@H]4OC)[C@H](OS(=O)(=O)O)[C@H]3OS(=O)(=O)O)[C@H](OC)[C@H]2OC)[C@H](OS(=O)(=O)O)[C@H]1OS(=O)(=O)O. The van der Waals surface area contributed by atoms with E-state index in [1.54, 1.807) is 0 Å². The van der Waals surface area contributed by atoms with Crippen LogP contribution in [0.1, 0.15) is 0 Å². The Morgan fingerprint density at radius 2 is 0.698 bits per heavy atom. The number of aliphatic carboxylic acids is 2. The number of aliphatic hydroxyl groups excluding tert-OH is 1. The highest BCUT2D eigenvalue weighted by molar-refractivity contribution is 7.82. The maximum atomic E-state index is 14.0. The Balaban J connectivity index is 1.68. The lowest BCUT2D eigenvalue weighted by atomic mass is 9.86. The summed E-state index contributed by atoms with van der Waals surface area (Å²) in [6.07, 6.45) is -57.5. The third-order valence-electron chi connectivity index (χ3n) is 14.1. The minimum Gasteiger partial charge on any atom is -0.479 e. The first kappa shape index (κ1) is 84.0. The van der Waals surface area contributed by atoms with Crippen LogP contribution in [0.2, 0.25) is 0 Å². The number of carbonyl (C=O) groups is 2. The van der Waals surface area contributed by atoms with Crippen molar-refractivity contribution in [2.75, 3.05) is 83.3 Å². The Labute approximate surface area is 544 Å². The number of carboxylic acids is 2. The maximum absolute atomic E-state index is 14.0. The van der Waals surface area contributed by atoms with Crippen LogP contribution in [0, 0.1) is 0 Å². The molecule has 0 radical (unpaired) electrons. The molecule has 5 saturated heterocycles. The van der Waals surface area contributed by atoms with Crippen molar-refractivity contribution in [1.29, 1.82) is 0 Å². The molecular weight excluding hydrogens is 1490 g/mol. The summed E-state index contributed by atoms with van der Waals surface area (Å²) in [5, 5.41) is 32.9. The summed E-state index contributed by atoms with van der Waals surface area (Å²) >= 11 is 0.